The van der Waals surface area contributed by atoms with Crippen LogP contribution in [0.15, 0.2) is 23.9 Å². The van der Waals surface area contributed by atoms with Crippen molar-refractivity contribution in [2.24, 2.45) is 0 Å². The monoisotopic (exact) mass is 136 g/mol. The van der Waals surface area contributed by atoms with Crippen LogP contribution in [-0.4, -0.2) is 12.8 Å². The number of nitrogens with one attached hydrogen (secondary N) is 1. The SMILES string of the molecule is O=[C]CNC1=CCC=CC1. The topological polar surface area (TPSA) is 29.1 Å². The molecule has 2 nitrogen and oxygen atoms in total. The van der Waals surface area contributed by atoms with E-state index in [-0.39, 0.29) is 0 Å². The average Bonchev–Trinajstić information content (AvgIpc) is 2.03. The molecular formula is C8H10NO. The average molecular weight is 136 g/mol. The first-order chi connectivity index (χ1) is 4.93. The normalized spacial score (nSPS) is 16.2. The van der Waals surface area contributed by atoms with Gasteiger partial charge in [-0.3, -0.25) is 4.79 Å². The van der Waals surface area contributed by atoms with Gasteiger partial charge in [-0.15, -0.1) is 0 Å². The van der Waals surface area contributed by atoms with E-state index in [1.165, 1.54) is 0 Å². The van der Waals surface area contributed by atoms with Crippen molar-refractivity contribution < 1.29 is 4.79 Å². The summed E-state index contributed by atoms with van der Waals surface area (Å²) in [6.45, 7) is 0.305. The molecule has 0 aromatic heterocycles. The molecule has 0 atom stereocenters. The van der Waals surface area contributed by atoms with Gasteiger partial charge in [-0.1, -0.05) is 18.2 Å². The molecule has 0 amide bonds. The van der Waals surface area contributed by atoms with E-state index in [4.69, 9.17) is 0 Å². The van der Waals surface area contributed by atoms with E-state index in [2.05, 4.69) is 23.5 Å². The van der Waals surface area contributed by atoms with E-state index >= 15 is 0 Å². The van der Waals surface area contributed by atoms with Crippen LogP contribution in [0, 0.1) is 0 Å². The maximum atomic E-state index is 9.81. The Balaban J connectivity index is 2.27. The highest BCUT2D eigenvalue weighted by molar-refractivity contribution is 5.53. The van der Waals surface area contributed by atoms with Gasteiger partial charge < -0.3 is 5.32 Å². The van der Waals surface area contributed by atoms with Crippen molar-refractivity contribution in [2.45, 2.75) is 12.8 Å². The van der Waals surface area contributed by atoms with Crippen molar-refractivity contribution in [3.8, 4) is 0 Å². The summed E-state index contributed by atoms with van der Waals surface area (Å²) in [4.78, 5) is 9.81. The largest absolute Gasteiger partial charge is 0.381 e. The molecule has 0 saturated carbocycles. The predicted octanol–water partition coefficient (Wildman–Crippen LogP) is 0.920. The van der Waals surface area contributed by atoms with Gasteiger partial charge in [0.15, 0.2) is 0 Å². The minimum Gasteiger partial charge on any atom is -0.381 e. The molecule has 0 saturated heterocycles. The molecule has 1 N–H and O–H groups in total. The number of hydrogen-bond acceptors (Lipinski definition) is 2. The second kappa shape index (κ2) is 3.88. The molecular weight excluding hydrogens is 126 g/mol. The second-order valence-electron chi connectivity index (χ2n) is 2.14. The van der Waals surface area contributed by atoms with Crippen molar-refractivity contribution in [3.05, 3.63) is 23.9 Å². The van der Waals surface area contributed by atoms with Crippen molar-refractivity contribution in [3.63, 3.8) is 0 Å². The van der Waals surface area contributed by atoms with E-state index in [1.54, 1.807) is 6.29 Å². The third kappa shape index (κ3) is 2.05. The zero-order valence-electron chi connectivity index (χ0n) is 5.76. The first kappa shape index (κ1) is 7.06. The zero-order chi connectivity index (χ0) is 7.23. The van der Waals surface area contributed by atoms with Crippen LogP contribution >= 0.6 is 0 Å². The standard InChI is InChI=1S/C8H10NO/c10-7-6-9-8-4-2-1-3-5-8/h1-2,5,9H,3-4,6H2. The number of carbonyl (C=O) groups excluding carboxylic acids is 1. The minimum atomic E-state index is 0.305. The van der Waals surface area contributed by atoms with Crippen LogP contribution in [0.5, 0.6) is 0 Å². The van der Waals surface area contributed by atoms with Gasteiger partial charge >= 0.3 is 0 Å². The molecule has 1 radical (unpaired) electrons. The number of rotatable bonds is 3. The molecule has 0 heterocycles. The Morgan fingerprint density at radius 3 is 3.10 bits per heavy atom. The lowest BCUT2D eigenvalue weighted by Crippen LogP contribution is -2.15. The molecule has 0 spiro atoms. The Hall–Kier alpha value is -1.05. The third-order valence-corrected chi connectivity index (χ3v) is 1.39. The van der Waals surface area contributed by atoms with Crippen molar-refractivity contribution in [1.82, 2.24) is 5.32 Å². The van der Waals surface area contributed by atoms with E-state index in [0.717, 1.165) is 18.5 Å². The van der Waals surface area contributed by atoms with Gasteiger partial charge in [0.05, 0.1) is 6.54 Å². The molecule has 0 aromatic rings. The van der Waals surface area contributed by atoms with Crippen LogP contribution in [0.1, 0.15) is 12.8 Å². The summed E-state index contributed by atoms with van der Waals surface area (Å²) in [7, 11) is 0. The summed E-state index contributed by atoms with van der Waals surface area (Å²) in [5, 5.41) is 2.96. The lowest BCUT2D eigenvalue weighted by atomic mass is 10.1. The Morgan fingerprint density at radius 2 is 2.50 bits per heavy atom. The molecule has 1 aliphatic carbocycles. The van der Waals surface area contributed by atoms with Crippen LogP contribution in [0.3, 0.4) is 0 Å². The summed E-state index contributed by atoms with van der Waals surface area (Å²) >= 11 is 0. The van der Waals surface area contributed by atoms with Crippen molar-refractivity contribution in [1.29, 1.82) is 0 Å². The maximum absolute atomic E-state index is 9.81. The Kier molecular flexibility index (Phi) is 2.74. The van der Waals surface area contributed by atoms with Crippen LogP contribution < -0.4 is 5.32 Å². The highest BCUT2D eigenvalue weighted by atomic mass is 16.1. The van der Waals surface area contributed by atoms with Gasteiger partial charge in [0, 0.05) is 12.1 Å². The van der Waals surface area contributed by atoms with Gasteiger partial charge in [-0.05, 0) is 6.42 Å². The zero-order valence-corrected chi connectivity index (χ0v) is 5.76. The lowest BCUT2D eigenvalue weighted by Gasteiger charge is -2.07. The number of hydrogen-bond donors (Lipinski definition) is 1. The molecule has 53 valence electrons. The first-order valence-corrected chi connectivity index (χ1v) is 3.36. The van der Waals surface area contributed by atoms with Crippen LogP contribution in [0.25, 0.3) is 0 Å². The van der Waals surface area contributed by atoms with E-state index in [0.29, 0.717) is 6.54 Å². The molecule has 0 aliphatic heterocycles. The fourth-order valence-corrected chi connectivity index (χ4v) is 0.894. The van der Waals surface area contributed by atoms with Gasteiger partial charge in [-0.25, -0.2) is 0 Å². The molecule has 1 aliphatic rings. The van der Waals surface area contributed by atoms with Crippen molar-refractivity contribution >= 4 is 6.29 Å². The lowest BCUT2D eigenvalue weighted by molar-refractivity contribution is 0.552. The van der Waals surface area contributed by atoms with Crippen molar-refractivity contribution in [2.75, 3.05) is 6.54 Å². The summed E-state index contributed by atoms with van der Waals surface area (Å²) < 4.78 is 0. The summed E-state index contributed by atoms with van der Waals surface area (Å²) in [5.41, 5.74) is 1.13. The van der Waals surface area contributed by atoms with E-state index in [1.807, 2.05) is 0 Å². The van der Waals surface area contributed by atoms with Gasteiger partial charge in [-0.2, -0.15) is 0 Å². The third-order valence-electron chi connectivity index (χ3n) is 1.39. The fraction of sp³-hybridized carbons (Fsp3) is 0.375. The second-order valence-corrected chi connectivity index (χ2v) is 2.14. The molecule has 0 bridgehead atoms. The van der Waals surface area contributed by atoms with Gasteiger partial charge in [0.2, 0.25) is 6.29 Å². The molecule has 10 heavy (non-hydrogen) atoms. The minimum absolute atomic E-state index is 0.305. The summed E-state index contributed by atoms with van der Waals surface area (Å²) in [5.74, 6) is 0. The maximum Gasteiger partial charge on any atom is 0.219 e. The Morgan fingerprint density at radius 1 is 1.60 bits per heavy atom. The van der Waals surface area contributed by atoms with Crippen LogP contribution in [-0.2, 0) is 4.79 Å². The van der Waals surface area contributed by atoms with Gasteiger partial charge in [0.1, 0.15) is 0 Å². The molecule has 2 heteroatoms. The Bertz CT molecular complexity index is 170. The first-order valence-electron chi connectivity index (χ1n) is 3.36. The predicted molar refractivity (Wildman–Crippen MR) is 40.2 cm³/mol. The Labute approximate surface area is 60.6 Å². The van der Waals surface area contributed by atoms with E-state index in [9.17, 15) is 4.79 Å². The van der Waals surface area contributed by atoms with Crippen LogP contribution in [0.4, 0.5) is 0 Å². The summed E-state index contributed by atoms with van der Waals surface area (Å²) in [6.07, 6.45) is 9.96. The highest BCUT2D eigenvalue weighted by Crippen LogP contribution is 2.06. The van der Waals surface area contributed by atoms with Gasteiger partial charge in [0.25, 0.3) is 0 Å². The number of allylic oxidation sites excluding steroid dienone is 3. The molecule has 1 rings (SSSR count). The molecule has 0 aromatic carbocycles. The summed E-state index contributed by atoms with van der Waals surface area (Å²) in [6, 6.07) is 0. The highest BCUT2D eigenvalue weighted by Gasteiger charge is 1.95. The molecule has 0 unspecified atom stereocenters. The quantitative estimate of drug-likeness (QED) is 0.584. The fourth-order valence-electron chi connectivity index (χ4n) is 0.894. The van der Waals surface area contributed by atoms with E-state index < -0.39 is 0 Å². The smallest absolute Gasteiger partial charge is 0.219 e. The van der Waals surface area contributed by atoms with Crippen LogP contribution in [0.2, 0.25) is 0 Å². The molecule has 0 fully saturated rings.